The third-order valence-corrected chi connectivity index (χ3v) is 1.69. The van der Waals surface area contributed by atoms with E-state index in [9.17, 15) is 10.1 Å². The third-order valence-electron chi connectivity index (χ3n) is 1.69. The Bertz CT molecular complexity index is 471. The van der Waals surface area contributed by atoms with Crippen LogP contribution in [0.5, 0.6) is 11.5 Å². The highest BCUT2D eigenvalue weighted by Gasteiger charge is 2.02. The van der Waals surface area contributed by atoms with Crippen molar-refractivity contribution in [3.05, 3.63) is 40.1 Å². The maximum Gasteiger partial charge on any atom is 0.235 e. The molecule has 0 aliphatic carbocycles. The van der Waals surface area contributed by atoms with Crippen molar-refractivity contribution in [1.29, 1.82) is 0 Å². The normalized spacial score (nSPS) is 14.1. The van der Waals surface area contributed by atoms with Crippen LogP contribution < -0.4 is 9.47 Å². The molecule has 0 heterocycles. The fraction of sp³-hybridized carbons (Fsp3) is 0.200. The third kappa shape index (κ3) is 2.98. The maximum atomic E-state index is 10.2. The van der Waals surface area contributed by atoms with Crippen LogP contribution >= 0.6 is 0 Å². The Balaban J connectivity index is 3.05. The molecule has 0 N–H and O–H groups in total. The molecular formula is C10H11NO4. The van der Waals surface area contributed by atoms with Gasteiger partial charge in [0.15, 0.2) is 0 Å². The Morgan fingerprint density at radius 1 is 1.53 bits per heavy atom. The smallest absolute Gasteiger partial charge is 0.235 e. The number of benzene rings is 1. The molecule has 0 fully saturated rings. The van der Waals surface area contributed by atoms with Crippen molar-refractivity contribution >= 4 is 6.08 Å². The van der Waals surface area contributed by atoms with E-state index in [1.54, 1.807) is 0 Å². The van der Waals surface area contributed by atoms with Gasteiger partial charge in [-0.1, -0.05) is 0 Å². The molecule has 0 aromatic heterocycles. The number of ether oxygens (including phenoxy) is 2. The van der Waals surface area contributed by atoms with E-state index >= 15 is 0 Å². The zero-order valence-corrected chi connectivity index (χ0v) is 7.97. The molecular weight excluding hydrogens is 198 g/mol. The van der Waals surface area contributed by atoms with Crippen LogP contribution in [-0.2, 0) is 0 Å². The zero-order chi connectivity index (χ0) is 13.8. The molecule has 0 amide bonds. The fourth-order valence-electron chi connectivity index (χ4n) is 1.05. The van der Waals surface area contributed by atoms with E-state index in [-0.39, 0.29) is 5.75 Å². The van der Waals surface area contributed by atoms with Crippen LogP contribution in [0.1, 0.15) is 9.68 Å². The minimum Gasteiger partial charge on any atom is -0.497 e. The topological polar surface area (TPSA) is 61.6 Å². The summed E-state index contributed by atoms with van der Waals surface area (Å²) >= 11 is 0. The molecule has 1 aromatic carbocycles. The van der Waals surface area contributed by atoms with Crippen LogP contribution in [-0.4, -0.2) is 19.1 Å². The molecule has 0 aliphatic heterocycles. The van der Waals surface area contributed by atoms with Gasteiger partial charge in [-0.3, -0.25) is 10.1 Å². The maximum absolute atomic E-state index is 10.2. The first-order chi connectivity index (χ1) is 8.31. The first kappa shape index (κ1) is 7.28. The Morgan fingerprint density at radius 3 is 2.93 bits per heavy atom. The second-order valence-corrected chi connectivity index (χ2v) is 2.61. The van der Waals surface area contributed by atoms with Crippen LogP contribution in [0.3, 0.4) is 0 Å². The van der Waals surface area contributed by atoms with Crippen molar-refractivity contribution in [2.24, 2.45) is 0 Å². The van der Waals surface area contributed by atoms with Crippen LogP contribution in [0.4, 0.5) is 0 Å². The molecule has 0 bridgehead atoms. The van der Waals surface area contributed by atoms with Gasteiger partial charge in [0, 0.05) is 11.6 Å². The number of rotatable bonds is 4. The quantitative estimate of drug-likeness (QED) is 0.565. The van der Waals surface area contributed by atoms with Gasteiger partial charge in [-0.2, -0.15) is 0 Å². The number of hydrogen-bond donors (Lipinski definition) is 0. The van der Waals surface area contributed by atoms with Gasteiger partial charge in [0.05, 0.1) is 23.2 Å². The highest BCUT2D eigenvalue weighted by Crippen LogP contribution is 2.24. The second-order valence-electron chi connectivity index (χ2n) is 2.61. The van der Waals surface area contributed by atoms with Crippen LogP contribution in [0.25, 0.3) is 6.08 Å². The second kappa shape index (κ2) is 4.99. The Labute approximate surface area is 91.3 Å². The molecule has 0 radical (unpaired) electrons. The van der Waals surface area contributed by atoms with E-state index in [0.29, 0.717) is 11.3 Å². The molecule has 0 aliphatic rings. The molecule has 15 heavy (non-hydrogen) atoms. The summed E-state index contributed by atoms with van der Waals surface area (Å²) in [5.74, 6) is 0.463. The lowest BCUT2D eigenvalue weighted by molar-refractivity contribution is -0.400. The van der Waals surface area contributed by atoms with Gasteiger partial charge in [-0.25, -0.2) is 0 Å². The molecule has 5 nitrogen and oxygen atoms in total. The van der Waals surface area contributed by atoms with Crippen molar-refractivity contribution in [3.8, 4) is 11.5 Å². The van der Waals surface area contributed by atoms with Gasteiger partial charge < -0.3 is 9.47 Å². The monoisotopic (exact) mass is 212 g/mol. The molecule has 1 aromatic rings. The number of methoxy groups -OCH3 is 2. The summed E-state index contributed by atoms with van der Waals surface area (Å²) in [4.78, 5) is 9.61. The SMILES string of the molecule is [2H]C([2H])([2H])Oc1ccc(OC)c(/C=C/[N+](=O)[O-])c1. The van der Waals surface area contributed by atoms with Crippen molar-refractivity contribution < 1.29 is 18.5 Å². The lowest BCUT2D eigenvalue weighted by Crippen LogP contribution is -1.90. The summed E-state index contributed by atoms with van der Waals surface area (Å²) in [6.07, 6.45) is 1.93. The summed E-state index contributed by atoms with van der Waals surface area (Å²) in [6, 6.07) is 4.24. The first-order valence-corrected chi connectivity index (χ1v) is 4.00. The number of nitro groups is 1. The van der Waals surface area contributed by atoms with Gasteiger partial charge in [-0.05, 0) is 18.2 Å². The molecule has 0 spiro atoms. The largest absolute Gasteiger partial charge is 0.497 e. The molecule has 0 saturated heterocycles. The van der Waals surface area contributed by atoms with E-state index in [4.69, 9.17) is 8.85 Å². The van der Waals surface area contributed by atoms with Gasteiger partial charge in [0.2, 0.25) is 6.20 Å². The molecule has 1 rings (SSSR count). The van der Waals surface area contributed by atoms with Crippen LogP contribution in [0, 0.1) is 10.1 Å². The standard InChI is InChI=1S/C10H11NO4/c1-14-9-3-4-10(15-2)8(7-9)5-6-11(12)13/h3-7H,1-2H3/b6-5+/i1D3. The predicted molar refractivity (Wildman–Crippen MR) is 55.6 cm³/mol. The zero-order valence-electron chi connectivity index (χ0n) is 11.0. The summed E-state index contributed by atoms with van der Waals surface area (Å²) < 4.78 is 30.6. The highest BCUT2D eigenvalue weighted by atomic mass is 16.6. The molecule has 80 valence electrons. The highest BCUT2D eigenvalue weighted by molar-refractivity contribution is 5.58. The minimum absolute atomic E-state index is 0.0822. The summed E-state index contributed by atoms with van der Waals surface area (Å²) in [6.45, 7) is 0. The summed E-state index contributed by atoms with van der Waals surface area (Å²) in [5.41, 5.74) is 0.357. The van der Waals surface area contributed by atoms with Crippen molar-refractivity contribution in [1.82, 2.24) is 0 Å². The molecule has 0 unspecified atom stereocenters. The fourth-order valence-corrected chi connectivity index (χ4v) is 1.05. The average molecular weight is 212 g/mol. The van der Waals surface area contributed by atoms with Gasteiger partial charge in [-0.15, -0.1) is 0 Å². The lowest BCUT2D eigenvalue weighted by atomic mass is 10.2. The first-order valence-electron chi connectivity index (χ1n) is 5.50. The van der Waals surface area contributed by atoms with Crippen molar-refractivity contribution in [3.63, 3.8) is 0 Å². The molecule has 5 heteroatoms. The van der Waals surface area contributed by atoms with E-state index in [1.807, 2.05) is 0 Å². The number of nitrogens with zero attached hydrogens (tertiary/aromatic N) is 1. The van der Waals surface area contributed by atoms with Gasteiger partial charge >= 0.3 is 0 Å². The Morgan fingerprint density at radius 2 is 2.33 bits per heavy atom. The minimum atomic E-state index is -2.57. The van der Waals surface area contributed by atoms with Crippen LogP contribution in [0.2, 0.25) is 0 Å². The van der Waals surface area contributed by atoms with Crippen molar-refractivity contribution in [2.75, 3.05) is 14.1 Å². The van der Waals surface area contributed by atoms with E-state index < -0.39 is 12.0 Å². The lowest BCUT2D eigenvalue weighted by Gasteiger charge is -2.06. The Hall–Kier alpha value is -2.04. The van der Waals surface area contributed by atoms with E-state index in [2.05, 4.69) is 4.74 Å². The predicted octanol–water partition coefficient (Wildman–Crippen LogP) is 1.95. The molecule has 0 atom stereocenters. The summed E-state index contributed by atoms with van der Waals surface area (Å²) in [7, 11) is -1.16. The average Bonchev–Trinajstić information content (AvgIpc) is 2.24. The van der Waals surface area contributed by atoms with Gasteiger partial charge in [0.1, 0.15) is 11.5 Å². The van der Waals surface area contributed by atoms with Crippen LogP contribution in [0.15, 0.2) is 24.4 Å². The Kier molecular flexibility index (Phi) is 2.42. The van der Waals surface area contributed by atoms with Gasteiger partial charge in [0.25, 0.3) is 0 Å². The van der Waals surface area contributed by atoms with E-state index in [0.717, 1.165) is 6.20 Å². The summed E-state index contributed by atoms with van der Waals surface area (Å²) in [5, 5.41) is 10.2. The molecule has 0 saturated carbocycles. The number of hydrogen-bond acceptors (Lipinski definition) is 4. The van der Waals surface area contributed by atoms with Crippen molar-refractivity contribution in [2.45, 2.75) is 0 Å². The van der Waals surface area contributed by atoms with E-state index in [1.165, 1.54) is 31.4 Å².